The van der Waals surface area contributed by atoms with Crippen LogP contribution in [0.2, 0.25) is 0 Å². The number of alkyl halides is 1. The van der Waals surface area contributed by atoms with Crippen molar-refractivity contribution in [2.45, 2.75) is 34.6 Å². The van der Waals surface area contributed by atoms with Gasteiger partial charge in [-0.05, 0) is 12.5 Å². The van der Waals surface area contributed by atoms with E-state index in [1.165, 1.54) is 39.8 Å². The fraction of sp³-hybridized carbons (Fsp3) is 0.516. The molecule has 0 unspecified atom stereocenters. The molecule has 23 heteroatoms. The third kappa shape index (κ3) is 45.0. The van der Waals surface area contributed by atoms with E-state index < -0.39 is 67.3 Å². The maximum atomic E-state index is 11.6. The smallest absolute Gasteiger partial charge is 0.331 e. The van der Waals surface area contributed by atoms with Gasteiger partial charge in [-0.25, -0.2) is 18.8 Å². The number of aliphatic hydroxyl groups excluding tert-OH is 3. The second-order valence-corrected chi connectivity index (χ2v) is 25.5. The van der Waals surface area contributed by atoms with E-state index in [-0.39, 0.29) is 58.8 Å². The van der Waals surface area contributed by atoms with Crippen LogP contribution in [0.4, 0.5) is 4.39 Å². The minimum absolute atomic E-state index is 0.0776. The van der Waals surface area contributed by atoms with Crippen LogP contribution in [0, 0.1) is 0 Å². The van der Waals surface area contributed by atoms with E-state index in [2.05, 4.69) is 60.9 Å². The number of rotatable bonds is 14. The Bertz CT molecular complexity index is 1220. The second kappa shape index (κ2) is 39.5. The van der Waals surface area contributed by atoms with Crippen molar-refractivity contribution < 1.29 is 109 Å². The van der Waals surface area contributed by atoms with Crippen LogP contribution in [0.3, 0.4) is 0 Å². The predicted octanol–water partition coefficient (Wildman–Crippen LogP) is -2.50. The van der Waals surface area contributed by atoms with Gasteiger partial charge in [-0.2, -0.15) is 0 Å². The Morgan fingerprint density at radius 2 is 1.07 bits per heavy atom. The molecule has 19 nitrogen and oxygen atoms in total. The Balaban J connectivity index is -0.000000296. The van der Waals surface area contributed by atoms with Gasteiger partial charge < -0.3 is 48.5 Å². The maximum absolute atomic E-state index is 11.6. The van der Waals surface area contributed by atoms with Gasteiger partial charge in [0.2, 0.25) is 5.78 Å². The summed E-state index contributed by atoms with van der Waals surface area (Å²) in [6.07, 6.45) is 3.63. The van der Waals surface area contributed by atoms with Crippen molar-refractivity contribution in [3.05, 3.63) is 34.9 Å². The first-order valence-electron chi connectivity index (χ1n) is 14.8. The minimum Gasteiger partial charge on any atom is -0.458 e. The van der Waals surface area contributed by atoms with Gasteiger partial charge in [-0.15, -0.1) is 0 Å². The van der Waals surface area contributed by atoms with Crippen LogP contribution in [-0.4, -0.2) is 141 Å². The summed E-state index contributed by atoms with van der Waals surface area (Å²) >= 11 is 5.30. The van der Waals surface area contributed by atoms with E-state index >= 15 is 0 Å². The van der Waals surface area contributed by atoms with Gasteiger partial charge in [0, 0.05) is 57.1 Å². The number of ether oxygens (including phenoxy) is 7. The maximum Gasteiger partial charge on any atom is 0.331 e. The van der Waals surface area contributed by atoms with Gasteiger partial charge in [-0.1, -0.05) is 0 Å². The first-order valence-corrected chi connectivity index (χ1v) is 27.3. The monoisotopic (exact) mass is 1120 g/mol. The Hall–Kier alpha value is -3.15. The molecule has 2 aliphatic heterocycles. The Labute approximate surface area is 339 Å². The molecule has 2 heterocycles. The standard InChI is InChI=1S/C11H16O6.C7H10O5.C5H5FO2.C5H6O3.C3H6O3.I3/c1-4-15-11(14)5-10(6-16-8(2)12)7-17-9(3)13;1-5(8)11-3-7(10)4-12-6(2)9;2*6-2-4-1-5(7)8-3-4;4-1-3(6)2-5;1-3-2/h5H,4,6-7H2,1-3H3;3-4H2,1-2H3;1H,2-3H2;1,6H,2-3H2;4-5H,1-2H2;/q;;;;;-1. The molecule has 0 amide bonds. The summed E-state index contributed by atoms with van der Waals surface area (Å²) in [5.41, 5.74) is 1.43. The number of hydrogen-bond acceptors (Lipinski definition) is 19. The normalized spacial score (nSPS) is 11.5. The van der Waals surface area contributed by atoms with Crippen molar-refractivity contribution in [1.29, 1.82) is 0 Å². The molecular formula is C31H43FI3O19-. The number of cyclic esters (lactones) is 2. The number of ketones is 2. The van der Waals surface area contributed by atoms with Crippen molar-refractivity contribution in [3.63, 3.8) is 0 Å². The number of aliphatic hydroxyl groups is 3. The largest absolute Gasteiger partial charge is 0.458 e. The van der Waals surface area contributed by atoms with E-state index in [9.17, 15) is 47.5 Å². The molecule has 0 atom stereocenters. The van der Waals surface area contributed by atoms with Crippen molar-refractivity contribution in [3.8, 4) is 0 Å². The third-order valence-corrected chi connectivity index (χ3v) is 4.57. The van der Waals surface area contributed by atoms with Gasteiger partial charge in [-0.3, -0.25) is 28.8 Å². The number of Topliss-reactive ketones (excluding diaryl/α,β-unsaturated/α-hetero) is 2. The van der Waals surface area contributed by atoms with Crippen LogP contribution in [0.1, 0.15) is 34.6 Å². The van der Waals surface area contributed by atoms with Gasteiger partial charge in [0.1, 0.15) is 46.3 Å². The van der Waals surface area contributed by atoms with E-state index in [1.807, 2.05) is 0 Å². The zero-order valence-electron chi connectivity index (χ0n) is 29.9. The summed E-state index contributed by atoms with van der Waals surface area (Å²) < 4.78 is 43.2. The topological polar surface area (TPSA) is 279 Å². The molecule has 2 rings (SSSR count). The average molecular weight is 1120 g/mol. The van der Waals surface area contributed by atoms with Crippen molar-refractivity contribution in [2.24, 2.45) is 0 Å². The van der Waals surface area contributed by atoms with Crippen LogP contribution >= 0.6 is 37.2 Å². The molecule has 0 spiro atoms. The molecule has 0 saturated carbocycles. The van der Waals surface area contributed by atoms with Crippen molar-refractivity contribution in [2.75, 3.05) is 72.7 Å². The van der Waals surface area contributed by atoms with Crippen molar-refractivity contribution in [1.82, 2.24) is 0 Å². The molecule has 0 bridgehead atoms. The number of carbonyl (C=O) groups excluding carboxylic acids is 9. The summed E-state index contributed by atoms with van der Waals surface area (Å²) in [4.78, 5) is 93.5. The summed E-state index contributed by atoms with van der Waals surface area (Å²) in [5.74, 6) is -4.38. The summed E-state index contributed by atoms with van der Waals surface area (Å²) in [6.45, 7) is 4.50. The van der Waals surface area contributed by atoms with Crippen LogP contribution in [0.15, 0.2) is 34.9 Å². The number of esters is 7. The number of hydrogen-bond donors (Lipinski definition) is 3. The molecule has 0 saturated heterocycles. The van der Waals surface area contributed by atoms with Gasteiger partial charge in [0.05, 0.1) is 13.2 Å². The molecule has 310 valence electrons. The van der Waals surface area contributed by atoms with E-state index in [4.69, 9.17) is 24.8 Å². The Kier molecular flexibility index (Phi) is 42.2. The van der Waals surface area contributed by atoms with E-state index in [0.717, 1.165) is 6.08 Å². The molecule has 3 N–H and O–H groups in total. The molecule has 54 heavy (non-hydrogen) atoms. The van der Waals surface area contributed by atoms with Gasteiger partial charge in [0.25, 0.3) is 0 Å². The number of carbonyl (C=O) groups is 9. The zero-order chi connectivity index (χ0) is 42.5. The van der Waals surface area contributed by atoms with Gasteiger partial charge >= 0.3 is 92.3 Å². The average Bonchev–Trinajstić information content (AvgIpc) is 3.75. The SMILES string of the molecule is CC(=O)OCC(=O)COC(C)=O.CCOC(=O)C=C(COC(C)=O)COC(C)=O.I[I-]I.O=C(CO)CO.O=C1C=C(CF)CO1.O=C1C=C(CO)CO1. The second-order valence-electron chi connectivity index (χ2n) is 9.24. The molecular weight excluding hydrogens is 1080 g/mol. The van der Waals surface area contributed by atoms with Crippen LogP contribution in [0.5, 0.6) is 0 Å². The summed E-state index contributed by atoms with van der Waals surface area (Å²) in [7, 11) is 0. The fourth-order valence-electron chi connectivity index (χ4n) is 2.32. The Morgan fingerprint density at radius 1 is 0.704 bits per heavy atom. The third-order valence-electron chi connectivity index (χ3n) is 4.57. The van der Waals surface area contributed by atoms with Crippen molar-refractivity contribution >= 4 is 90.6 Å². The molecule has 0 aromatic heterocycles. The molecule has 0 aromatic rings. The predicted molar refractivity (Wildman–Crippen MR) is 195 cm³/mol. The first-order chi connectivity index (χ1) is 25.3. The zero-order valence-corrected chi connectivity index (χ0v) is 36.4. The fourth-order valence-corrected chi connectivity index (χ4v) is 2.32. The van der Waals surface area contributed by atoms with Gasteiger partial charge in [0.15, 0.2) is 19.0 Å². The van der Waals surface area contributed by atoms with Crippen LogP contribution in [-0.2, 0) is 76.3 Å². The van der Waals surface area contributed by atoms with E-state index in [0.29, 0.717) is 30.0 Å². The molecule has 0 aromatic carbocycles. The van der Waals surface area contributed by atoms with Crippen LogP contribution in [0.25, 0.3) is 0 Å². The quantitative estimate of drug-likeness (QED) is 0.0702. The van der Waals surface area contributed by atoms with E-state index in [1.54, 1.807) is 6.92 Å². The van der Waals surface area contributed by atoms with Crippen LogP contribution < -0.4 is 13.3 Å². The molecule has 2 aliphatic rings. The molecule has 0 aliphatic carbocycles. The minimum atomic E-state index is -0.578. The first kappa shape index (κ1) is 57.6. The molecule has 0 fully saturated rings. The number of halogens is 4. The molecule has 0 radical (unpaired) electrons. The summed E-state index contributed by atoms with van der Waals surface area (Å²) in [6, 6.07) is 0. The Morgan fingerprint density at radius 3 is 1.30 bits per heavy atom. The summed E-state index contributed by atoms with van der Waals surface area (Å²) in [5, 5.41) is 24.0.